The van der Waals surface area contributed by atoms with Gasteiger partial charge in [-0.05, 0) is 32.1 Å². The van der Waals surface area contributed by atoms with E-state index in [4.69, 9.17) is 5.11 Å². The number of rotatable bonds is 6. The molecule has 0 amide bonds. The van der Waals surface area contributed by atoms with Crippen LogP contribution < -0.4 is 4.72 Å². The monoisotopic (exact) mass is 235 g/mol. The van der Waals surface area contributed by atoms with Crippen molar-refractivity contribution in [2.75, 3.05) is 5.75 Å². The highest BCUT2D eigenvalue weighted by Gasteiger charge is 2.49. The molecule has 0 aromatic heterocycles. The van der Waals surface area contributed by atoms with E-state index in [1.807, 2.05) is 0 Å². The number of carbonyl (C=O) groups is 1. The van der Waals surface area contributed by atoms with Gasteiger partial charge in [-0.3, -0.25) is 4.79 Å². The summed E-state index contributed by atoms with van der Waals surface area (Å²) < 4.78 is 25.3. The quantitative estimate of drug-likeness (QED) is 0.705. The number of hydrogen-bond donors (Lipinski definition) is 2. The molecule has 1 fully saturated rings. The van der Waals surface area contributed by atoms with Gasteiger partial charge >= 0.3 is 5.97 Å². The van der Waals surface area contributed by atoms with E-state index in [9.17, 15) is 13.2 Å². The second kappa shape index (κ2) is 4.09. The van der Waals surface area contributed by atoms with Crippen molar-refractivity contribution < 1.29 is 18.3 Å². The van der Waals surface area contributed by atoms with Gasteiger partial charge in [-0.1, -0.05) is 6.92 Å². The number of carboxylic acids is 1. The molecule has 2 N–H and O–H groups in total. The summed E-state index contributed by atoms with van der Waals surface area (Å²) in [5.74, 6) is -1.19. The zero-order valence-corrected chi connectivity index (χ0v) is 9.80. The molecule has 1 atom stereocenters. The van der Waals surface area contributed by atoms with Crippen LogP contribution in [0.4, 0.5) is 0 Å². The highest BCUT2D eigenvalue weighted by Crippen LogP contribution is 2.40. The standard InChI is InChI=1S/C9H17NO4S/c1-3-6-15(13,14)10-9(2,8(11)12)7-4-5-7/h7,10H,3-6H2,1-2H3,(H,11,12). The summed E-state index contributed by atoms with van der Waals surface area (Å²) in [7, 11) is -3.47. The van der Waals surface area contributed by atoms with Gasteiger partial charge in [0, 0.05) is 0 Å². The summed E-state index contributed by atoms with van der Waals surface area (Å²) in [5.41, 5.74) is -1.33. The maximum absolute atomic E-state index is 11.5. The number of hydrogen-bond acceptors (Lipinski definition) is 3. The Morgan fingerprint density at radius 2 is 2.07 bits per heavy atom. The molecule has 0 aromatic carbocycles. The smallest absolute Gasteiger partial charge is 0.324 e. The first kappa shape index (κ1) is 12.4. The molecule has 1 saturated carbocycles. The van der Waals surface area contributed by atoms with Crippen LogP contribution in [0.15, 0.2) is 0 Å². The molecule has 6 heteroatoms. The predicted molar refractivity (Wildman–Crippen MR) is 56.0 cm³/mol. The van der Waals surface area contributed by atoms with Crippen LogP contribution in [0.25, 0.3) is 0 Å². The van der Waals surface area contributed by atoms with Crippen molar-refractivity contribution in [1.82, 2.24) is 4.72 Å². The van der Waals surface area contributed by atoms with Gasteiger partial charge in [0.1, 0.15) is 5.54 Å². The zero-order chi connectivity index (χ0) is 11.7. The van der Waals surface area contributed by atoms with E-state index < -0.39 is 21.5 Å². The minimum atomic E-state index is -3.47. The molecule has 1 aliphatic rings. The van der Waals surface area contributed by atoms with E-state index in [2.05, 4.69) is 4.72 Å². The topological polar surface area (TPSA) is 83.5 Å². The van der Waals surface area contributed by atoms with E-state index in [0.717, 1.165) is 12.8 Å². The first-order valence-corrected chi connectivity index (χ1v) is 6.72. The Morgan fingerprint density at radius 3 is 2.40 bits per heavy atom. The van der Waals surface area contributed by atoms with Crippen molar-refractivity contribution in [3.8, 4) is 0 Å². The van der Waals surface area contributed by atoms with Crippen LogP contribution in [0, 0.1) is 5.92 Å². The fourth-order valence-electron chi connectivity index (χ4n) is 1.61. The summed E-state index contributed by atoms with van der Waals surface area (Å²) in [5, 5.41) is 9.05. The molecular formula is C9H17NO4S. The molecule has 0 aliphatic heterocycles. The van der Waals surface area contributed by atoms with Crippen molar-refractivity contribution >= 4 is 16.0 Å². The van der Waals surface area contributed by atoms with E-state index >= 15 is 0 Å². The molecule has 5 nitrogen and oxygen atoms in total. The third-order valence-corrected chi connectivity index (χ3v) is 4.36. The number of nitrogens with one attached hydrogen (secondary N) is 1. The fraction of sp³-hybridized carbons (Fsp3) is 0.889. The lowest BCUT2D eigenvalue weighted by Gasteiger charge is -2.25. The predicted octanol–water partition coefficient (Wildman–Crippen LogP) is 0.569. The molecule has 0 heterocycles. The largest absolute Gasteiger partial charge is 0.480 e. The van der Waals surface area contributed by atoms with Crippen LogP contribution in [0.5, 0.6) is 0 Å². The van der Waals surface area contributed by atoms with Crippen molar-refractivity contribution in [3.05, 3.63) is 0 Å². The summed E-state index contributed by atoms with van der Waals surface area (Å²) >= 11 is 0. The van der Waals surface area contributed by atoms with Gasteiger partial charge in [0.05, 0.1) is 5.75 Å². The van der Waals surface area contributed by atoms with Crippen molar-refractivity contribution in [2.45, 2.75) is 38.6 Å². The van der Waals surface area contributed by atoms with Gasteiger partial charge in [0.25, 0.3) is 0 Å². The second-order valence-corrected chi connectivity index (χ2v) is 6.04. The zero-order valence-electron chi connectivity index (χ0n) is 8.99. The minimum absolute atomic E-state index is 0.0252. The molecule has 88 valence electrons. The lowest BCUT2D eigenvalue weighted by molar-refractivity contribution is -0.144. The molecule has 0 aromatic rings. The third-order valence-electron chi connectivity index (χ3n) is 2.68. The molecule has 15 heavy (non-hydrogen) atoms. The van der Waals surface area contributed by atoms with Gasteiger partial charge in [-0.15, -0.1) is 0 Å². The van der Waals surface area contributed by atoms with Crippen molar-refractivity contribution in [2.24, 2.45) is 5.92 Å². The van der Waals surface area contributed by atoms with Crippen LogP contribution in [0.1, 0.15) is 33.1 Å². The number of sulfonamides is 1. The molecule has 1 rings (SSSR count). The van der Waals surface area contributed by atoms with Crippen LogP contribution >= 0.6 is 0 Å². The Morgan fingerprint density at radius 1 is 1.53 bits per heavy atom. The number of carboxylic acid groups (broad SMARTS) is 1. The van der Waals surface area contributed by atoms with E-state index in [0.29, 0.717) is 6.42 Å². The first-order chi connectivity index (χ1) is 6.82. The first-order valence-electron chi connectivity index (χ1n) is 5.07. The molecule has 0 spiro atoms. The van der Waals surface area contributed by atoms with Crippen LogP contribution in [0.3, 0.4) is 0 Å². The fourth-order valence-corrected chi connectivity index (χ4v) is 3.14. The highest BCUT2D eigenvalue weighted by atomic mass is 32.2. The molecule has 0 radical (unpaired) electrons. The molecule has 1 aliphatic carbocycles. The summed E-state index contributed by atoms with van der Waals surface area (Å²) in [6.45, 7) is 3.19. The van der Waals surface area contributed by atoms with Gasteiger partial charge in [-0.2, -0.15) is 4.72 Å². The summed E-state index contributed by atoms with van der Waals surface area (Å²) in [6, 6.07) is 0. The van der Waals surface area contributed by atoms with Gasteiger partial charge in [0.2, 0.25) is 10.0 Å². The van der Waals surface area contributed by atoms with Crippen LogP contribution in [-0.4, -0.2) is 30.8 Å². The summed E-state index contributed by atoms with van der Waals surface area (Å²) in [6.07, 6.45) is 2.03. The lowest BCUT2D eigenvalue weighted by atomic mass is 9.98. The average Bonchev–Trinajstić information content (AvgIpc) is 2.83. The SMILES string of the molecule is CCCS(=O)(=O)NC(C)(C(=O)O)C1CC1. The van der Waals surface area contributed by atoms with Gasteiger partial charge in [0.15, 0.2) is 0 Å². The average molecular weight is 235 g/mol. The van der Waals surface area contributed by atoms with E-state index in [1.54, 1.807) is 6.92 Å². The summed E-state index contributed by atoms with van der Waals surface area (Å²) in [4.78, 5) is 11.1. The third kappa shape index (κ3) is 2.92. The van der Waals surface area contributed by atoms with Gasteiger partial charge in [-0.25, -0.2) is 8.42 Å². The van der Waals surface area contributed by atoms with Crippen molar-refractivity contribution in [3.63, 3.8) is 0 Å². The van der Waals surface area contributed by atoms with Crippen molar-refractivity contribution in [1.29, 1.82) is 0 Å². The molecule has 0 saturated heterocycles. The van der Waals surface area contributed by atoms with Crippen LogP contribution in [0.2, 0.25) is 0 Å². The van der Waals surface area contributed by atoms with Crippen LogP contribution in [-0.2, 0) is 14.8 Å². The maximum Gasteiger partial charge on any atom is 0.324 e. The number of aliphatic carboxylic acids is 1. The molecule has 1 unspecified atom stereocenters. The Balaban J connectivity index is 2.80. The Hall–Kier alpha value is -0.620. The molecular weight excluding hydrogens is 218 g/mol. The Bertz CT molecular complexity index is 347. The lowest BCUT2D eigenvalue weighted by Crippen LogP contribution is -2.54. The second-order valence-electron chi connectivity index (χ2n) is 4.20. The van der Waals surface area contributed by atoms with E-state index in [-0.39, 0.29) is 11.7 Å². The normalized spacial score (nSPS) is 20.9. The Labute approximate surface area is 89.9 Å². The van der Waals surface area contributed by atoms with Gasteiger partial charge < -0.3 is 5.11 Å². The Kier molecular flexibility index (Phi) is 3.40. The molecule has 0 bridgehead atoms. The van der Waals surface area contributed by atoms with E-state index in [1.165, 1.54) is 6.92 Å². The maximum atomic E-state index is 11.5. The highest BCUT2D eigenvalue weighted by molar-refractivity contribution is 7.89. The minimum Gasteiger partial charge on any atom is -0.480 e.